The van der Waals surface area contributed by atoms with E-state index in [2.05, 4.69) is 15.5 Å². The highest BCUT2D eigenvalue weighted by molar-refractivity contribution is 7.99. The Hall–Kier alpha value is -2.39. The Balaban J connectivity index is 1.80. The zero-order chi connectivity index (χ0) is 18.8. The molecule has 136 valence electrons. The molecule has 0 bridgehead atoms. The van der Waals surface area contributed by atoms with Crippen molar-refractivity contribution in [1.29, 1.82) is 0 Å². The van der Waals surface area contributed by atoms with Crippen LogP contribution in [-0.2, 0) is 11.3 Å². The molecule has 0 fully saturated rings. The Bertz CT molecular complexity index is 1030. The van der Waals surface area contributed by atoms with Crippen LogP contribution >= 0.6 is 23.4 Å². The van der Waals surface area contributed by atoms with Crippen LogP contribution in [0.15, 0.2) is 40.2 Å². The molecule has 0 unspecified atom stereocenters. The Morgan fingerprint density at radius 2 is 2.08 bits per heavy atom. The summed E-state index contributed by atoms with van der Waals surface area (Å²) in [6.45, 7) is 3.73. The molecule has 26 heavy (non-hydrogen) atoms. The van der Waals surface area contributed by atoms with E-state index in [0.717, 1.165) is 15.3 Å². The number of carbonyl (C=O) groups is 1. The van der Waals surface area contributed by atoms with E-state index in [1.54, 1.807) is 12.1 Å². The van der Waals surface area contributed by atoms with Gasteiger partial charge in [0.25, 0.3) is 0 Å². The minimum atomic E-state index is -0.522. The van der Waals surface area contributed by atoms with Crippen molar-refractivity contribution in [3.8, 4) is 0 Å². The van der Waals surface area contributed by atoms with Crippen LogP contribution in [0.25, 0.3) is 5.65 Å². The molecule has 0 aliphatic heterocycles. The quantitative estimate of drug-likeness (QED) is 0.672. The highest BCUT2D eigenvalue weighted by Gasteiger charge is 2.14. The molecule has 1 aromatic carbocycles. The smallest absolute Gasteiger partial charge is 0.323 e. The average Bonchev–Trinajstić information content (AvgIpc) is 2.86. The SMILES string of the molecule is CC(C)Sc1ccc2nn(CC(=O)Nc3ccc(F)cc3Cl)c(=O)n2n1. The van der Waals surface area contributed by atoms with Gasteiger partial charge in [0, 0.05) is 5.25 Å². The number of benzene rings is 1. The minimum Gasteiger partial charge on any atom is -0.323 e. The van der Waals surface area contributed by atoms with Gasteiger partial charge < -0.3 is 5.32 Å². The van der Waals surface area contributed by atoms with Crippen LogP contribution < -0.4 is 11.0 Å². The van der Waals surface area contributed by atoms with Crippen LogP contribution in [0.3, 0.4) is 0 Å². The lowest BCUT2D eigenvalue weighted by Crippen LogP contribution is -2.29. The molecule has 0 saturated carbocycles. The molecule has 0 saturated heterocycles. The molecular weight excluding hydrogens is 381 g/mol. The number of amides is 1. The van der Waals surface area contributed by atoms with Crippen LogP contribution in [0.5, 0.6) is 0 Å². The Morgan fingerprint density at radius 3 is 2.77 bits per heavy atom. The molecule has 0 spiro atoms. The standard InChI is InChI=1S/C16H15ClFN5O2S/c1-9(2)26-15-6-5-13-20-22(16(25)23(13)21-15)8-14(24)19-12-4-3-10(18)7-11(12)17/h3-7,9H,8H2,1-2H3,(H,19,24). The van der Waals surface area contributed by atoms with Crippen molar-refractivity contribution >= 4 is 40.6 Å². The van der Waals surface area contributed by atoms with Gasteiger partial charge in [0.1, 0.15) is 17.4 Å². The van der Waals surface area contributed by atoms with Crippen LogP contribution in [0.4, 0.5) is 10.1 Å². The fourth-order valence-electron chi connectivity index (χ4n) is 2.22. The number of fused-ring (bicyclic) bond motifs is 1. The van der Waals surface area contributed by atoms with Crippen LogP contribution in [0, 0.1) is 5.82 Å². The fourth-order valence-corrected chi connectivity index (χ4v) is 3.19. The molecule has 1 amide bonds. The molecule has 3 rings (SSSR count). The molecule has 2 aromatic heterocycles. The highest BCUT2D eigenvalue weighted by Crippen LogP contribution is 2.22. The molecule has 3 aromatic rings. The third-order valence-corrected chi connectivity index (χ3v) is 4.51. The lowest BCUT2D eigenvalue weighted by molar-refractivity contribution is -0.117. The van der Waals surface area contributed by atoms with Gasteiger partial charge in [0.05, 0.1) is 10.7 Å². The van der Waals surface area contributed by atoms with E-state index in [1.165, 1.54) is 23.9 Å². The zero-order valence-corrected chi connectivity index (χ0v) is 15.5. The summed E-state index contributed by atoms with van der Waals surface area (Å²) < 4.78 is 15.2. The second kappa shape index (κ2) is 7.46. The number of hydrogen-bond acceptors (Lipinski definition) is 5. The monoisotopic (exact) mass is 395 g/mol. The van der Waals surface area contributed by atoms with Gasteiger partial charge in [-0.15, -0.1) is 16.9 Å². The van der Waals surface area contributed by atoms with Crippen LogP contribution in [0.1, 0.15) is 13.8 Å². The second-order valence-electron chi connectivity index (χ2n) is 5.72. The molecule has 7 nitrogen and oxygen atoms in total. The van der Waals surface area contributed by atoms with Gasteiger partial charge in [-0.25, -0.2) is 13.9 Å². The van der Waals surface area contributed by atoms with Crippen molar-refractivity contribution in [2.45, 2.75) is 30.7 Å². The third kappa shape index (κ3) is 4.05. The number of hydrogen-bond donors (Lipinski definition) is 1. The molecule has 0 aliphatic carbocycles. The van der Waals surface area contributed by atoms with Crippen molar-refractivity contribution in [3.05, 3.63) is 51.7 Å². The Kier molecular flexibility index (Phi) is 5.28. The number of rotatable bonds is 5. The van der Waals surface area contributed by atoms with Gasteiger partial charge in [-0.3, -0.25) is 4.79 Å². The van der Waals surface area contributed by atoms with Crippen molar-refractivity contribution < 1.29 is 9.18 Å². The molecule has 10 heteroatoms. The topological polar surface area (TPSA) is 81.3 Å². The summed E-state index contributed by atoms with van der Waals surface area (Å²) in [6, 6.07) is 7.06. The molecular formula is C16H15ClFN5O2S. The Labute approximate surface area is 157 Å². The van der Waals surface area contributed by atoms with Crippen molar-refractivity contribution in [2.24, 2.45) is 0 Å². The van der Waals surface area contributed by atoms with Gasteiger partial charge in [0.15, 0.2) is 5.65 Å². The number of carbonyl (C=O) groups excluding carboxylic acids is 1. The maximum absolute atomic E-state index is 13.1. The van der Waals surface area contributed by atoms with E-state index in [0.29, 0.717) is 15.9 Å². The first kappa shape index (κ1) is 18.4. The van der Waals surface area contributed by atoms with Crippen molar-refractivity contribution in [3.63, 3.8) is 0 Å². The van der Waals surface area contributed by atoms with E-state index < -0.39 is 17.4 Å². The molecule has 1 N–H and O–H groups in total. The Morgan fingerprint density at radius 1 is 1.31 bits per heavy atom. The van der Waals surface area contributed by atoms with E-state index in [4.69, 9.17) is 11.6 Å². The first-order valence-electron chi connectivity index (χ1n) is 7.72. The van der Waals surface area contributed by atoms with E-state index >= 15 is 0 Å². The van der Waals surface area contributed by atoms with Crippen LogP contribution in [-0.4, -0.2) is 30.6 Å². The van der Waals surface area contributed by atoms with Gasteiger partial charge in [-0.05, 0) is 30.3 Å². The lowest BCUT2D eigenvalue weighted by atomic mass is 10.3. The van der Waals surface area contributed by atoms with Gasteiger partial charge in [-0.2, -0.15) is 9.61 Å². The second-order valence-corrected chi connectivity index (χ2v) is 7.72. The summed E-state index contributed by atoms with van der Waals surface area (Å²) in [6.07, 6.45) is 0. The predicted molar refractivity (Wildman–Crippen MR) is 98.3 cm³/mol. The van der Waals surface area contributed by atoms with Crippen molar-refractivity contribution in [1.82, 2.24) is 19.4 Å². The molecule has 0 radical (unpaired) electrons. The number of nitrogens with one attached hydrogen (secondary N) is 1. The van der Waals surface area contributed by atoms with E-state index in [9.17, 15) is 14.0 Å². The summed E-state index contributed by atoms with van der Waals surface area (Å²) in [5.74, 6) is -1.02. The molecule has 2 heterocycles. The van der Waals surface area contributed by atoms with Gasteiger partial charge in [0.2, 0.25) is 5.91 Å². The summed E-state index contributed by atoms with van der Waals surface area (Å²) >= 11 is 7.39. The number of thioether (sulfide) groups is 1. The first-order chi connectivity index (χ1) is 12.3. The lowest BCUT2D eigenvalue weighted by Gasteiger charge is -2.06. The average molecular weight is 396 g/mol. The summed E-state index contributed by atoms with van der Waals surface area (Å²) in [4.78, 5) is 24.6. The highest BCUT2D eigenvalue weighted by atomic mass is 35.5. The number of halogens is 2. The number of nitrogens with zero attached hydrogens (tertiary/aromatic N) is 4. The number of anilines is 1. The number of aromatic nitrogens is 4. The fraction of sp³-hybridized carbons (Fsp3) is 0.250. The molecule has 0 aliphatic rings. The molecule has 0 atom stereocenters. The van der Waals surface area contributed by atoms with Crippen LogP contribution in [0.2, 0.25) is 5.02 Å². The van der Waals surface area contributed by atoms with Crippen molar-refractivity contribution in [2.75, 3.05) is 5.32 Å². The van der Waals surface area contributed by atoms with Gasteiger partial charge >= 0.3 is 5.69 Å². The normalized spacial score (nSPS) is 11.3. The van der Waals surface area contributed by atoms with E-state index in [-0.39, 0.29) is 17.3 Å². The first-order valence-corrected chi connectivity index (χ1v) is 8.97. The third-order valence-electron chi connectivity index (χ3n) is 3.27. The summed E-state index contributed by atoms with van der Waals surface area (Å²) in [5, 5.41) is 11.9. The predicted octanol–water partition coefficient (Wildman–Crippen LogP) is 2.82. The van der Waals surface area contributed by atoms with E-state index in [1.807, 2.05) is 13.8 Å². The van der Waals surface area contributed by atoms with Gasteiger partial charge in [-0.1, -0.05) is 25.4 Å². The summed E-state index contributed by atoms with van der Waals surface area (Å²) in [5.41, 5.74) is 0.0749. The maximum atomic E-state index is 13.1. The largest absolute Gasteiger partial charge is 0.367 e. The minimum absolute atomic E-state index is 0.0673. The summed E-state index contributed by atoms with van der Waals surface area (Å²) in [7, 11) is 0. The maximum Gasteiger partial charge on any atom is 0.367 e. The zero-order valence-electron chi connectivity index (χ0n) is 13.9.